The van der Waals surface area contributed by atoms with Crippen molar-refractivity contribution in [2.45, 2.75) is 50.3 Å². The van der Waals surface area contributed by atoms with Crippen LogP contribution in [-0.4, -0.2) is 33.0 Å². The number of anilines is 1. The number of carboxylic acids is 1. The molecule has 0 unspecified atom stereocenters. The normalized spacial score (nSPS) is 27.6. The summed E-state index contributed by atoms with van der Waals surface area (Å²) in [7, 11) is 0. The molecule has 9 heteroatoms. The van der Waals surface area contributed by atoms with Gasteiger partial charge in [0.25, 0.3) is 0 Å². The summed E-state index contributed by atoms with van der Waals surface area (Å²) in [6, 6.07) is 10.00. The minimum Gasteiger partial charge on any atom is -0.506 e. The third kappa shape index (κ3) is 4.91. The highest BCUT2D eigenvalue weighted by Crippen LogP contribution is 2.66. The van der Waals surface area contributed by atoms with Gasteiger partial charge in [0, 0.05) is 21.2 Å². The van der Waals surface area contributed by atoms with Crippen LogP contribution in [0.1, 0.15) is 55.8 Å². The molecule has 0 aliphatic heterocycles. The van der Waals surface area contributed by atoms with E-state index in [0.29, 0.717) is 10.8 Å². The smallest absolute Gasteiger partial charge is 0.339 e. The predicted molar refractivity (Wildman–Crippen MR) is 153 cm³/mol. The maximum Gasteiger partial charge on any atom is 0.339 e. The lowest BCUT2D eigenvalue weighted by atomic mass is 9.44. The molecular formula is C30H30BrNO6S. The van der Waals surface area contributed by atoms with E-state index in [1.165, 1.54) is 17.3 Å². The summed E-state index contributed by atoms with van der Waals surface area (Å²) in [5.41, 5.74) is -0.528. The molecule has 0 saturated heterocycles. The van der Waals surface area contributed by atoms with E-state index in [1.807, 2.05) is 31.2 Å². The van der Waals surface area contributed by atoms with E-state index in [2.05, 4.69) is 33.9 Å². The number of thioether (sulfide) groups is 1. The van der Waals surface area contributed by atoms with Crippen LogP contribution in [0.15, 0.2) is 68.9 Å². The Morgan fingerprint density at radius 2 is 1.90 bits per heavy atom. The Morgan fingerprint density at radius 3 is 2.56 bits per heavy atom. The molecule has 4 atom stereocenters. The molecule has 1 amide bonds. The monoisotopic (exact) mass is 611 g/mol. The number of hydrogen-bond acceptors (Lipinski definition) is 6. The molecule has 0 aromatic heterocycles. The van der Waals surface area contributed by atoms with Crippen molar-refractivity contribution in [3.05, 3.63) is 69.6 Å². The van der Waals surface area contributed by atoms with Crippen LogP contribution in [0.5, 0.6) is 11.5 Å². The van der Waals surface area contributed by atoms with E-state index in [0.717, 1.165) is 47.2 Å². The van der Waals surface area contributed by atoms with E-state index in [-0.39, 0.29) is 35.6 Å². The number of ketones is 1. The molecule has 2 aromatic carbocycles. The first-order chi connectivity index (χ1) is 18.4. The van der Waals surface area contributed by atoms with Crippen molar-refractivity contribution >= 4 is 51.0 Å². The molecule has 0 heterocycles. The molecule has 6 rings (SSSR count). The van der Waals surface area contributed by atoms with E-state index in [1.54, 1.807) is 0 Å². The topological polar surface area (TPSA) is 124 Å². The summed E-state index contributed by atoms with van der Waals surface area (Å²) in [6.07, 6.45) is 6.15. The van der Waals surface area contributed by atoms with Crippen molar-refractivity contribution in [3.63, 3.8) is 0 Å². The second kappa shape index (κ2) is 10.2. The zero-order valence-electron chi connectivity index (χ0n) is 21.5. The molecule has 2 aromatic rings. The number of rotatable bonds is 7. The van der Waals surface area contributed by atoms with Gasteiger partial charge in [0.1, 0.15) is 17.0 Å². The van der Waals surface area contributed by atoms with Crippen molar-refractivity contribution in [2.75, 3.05) is 5.32 Å². The fourth-order valence-corrected chi connectivity index (χ4v) is 8.14. The van der Waals surface area contributed by atoms with Crippen LogP contribution in [0.3, 0.4) is 0 Å². The fourth-order valence-electron chi connectivity index (χ4n) is 6.73. The quantitative estimate of drug-likeness (QED) is 0.198. The zero-order valence-corrected chi connectivity index (χ0v) is 23.9. The molecule has 4 N–H and O–H groups in total. The predicted octanol–water partition coefficient (Wildman–Crippen LogP) is 6.91. The number of hydrogen-bond donors (Lipinski definition) is 4. The summed E-state index contributed by atoms with van der Waals surface area (Å²) in [5.74, 6) is -2.59. The van der Waals surface area contributed by atoms with E-state index in [4.69, 9.17) is 0 Å². The molecule has 0 radical (unpaired) electrons. The van der Waals surface area contributed by atoms with Gasteiger partial charge < -0.3 is 20.6 Å². The largest absolute Gasteiger partial charge is 0.506 e. The lowest BCUT2D eigenvalue weighted by molar-refractivity contribution is -0.136. The molecule has 204 valence electrons. The maximum atomic E-state index is 14.1. The first kappa shape index (κ1) is 27.5. The number of carbonyl (C=O) groups excluding carboxylic acids is 2. The Morgan fingerprint density at radius 1 is 1.18 bits per heavy atom. The van der Waals surface area contributed by atoms with Crippen LogP contribution in [0.4, 0.5) is 5.69 Å². The Kier molecular flexibility index (Phi) is 7.18. The zero-order chi connectivity index (χ0) is 28.1. The summed E-state index contributed by atoms with van der Waals surface area (Å²) in [4.78, 5) is 40.2. The van der Waals surface area contributed by atoms with Gasteiger partial charge in [-0.05, 0) is 85.8 Å². The third-order valence-corrected chi connectivity index (χ3v) is 10.4. The van der Waals surface area contributed by atoms with E-state index >= 15 is 0 Å². The second-order valence-corrected chi connectivity index (χ2v) is 13.1. The molecular weight excluding hydrogens is 582 g/mol. The fraction of sp³-hybridized carbons (Fsp3) is 0.367. The number of fused-ring (bicyclic) bond motifs is 2. The minimum atomic E-state index is -1.38. The summed E-state index contributed by atoms with van der Waals surface area (Å²) in [6.45, 7) is 6.31. The number of Topliss-reactive ketones (excluding diaryl/α,β-unsaturated/α-hetero) is 1. The number of amides is 1. The first-order valence-corrected chi connectivity index (χ1v) is 14.5. The van der Waals surface area contributed by atoms with Gasteiger partial charge in [-0.3, -0.25) is 9.59 Å². The number of carbonyl (C=O) groups is 3. The summed E-state index contributed by atoms with van der Waals surface area (Å²) < 4.78 is 0.957. The lowest BCUT2D eigenvalue weighted by Crippen LogP contribution is -2.55. The number of aromatic carboxylic acids is 1. The SMILES string of the molecule is C=C1C[C@]23C=C(Sc4ccc(Br)cc4)C(=O)[C@@](C)(CCC(=O)Nc4c(O)ccc(C(=O)O)c4O)[C@@H]2C[C@@H]1CC3. The van der Waals surface area contributed by atoms with Gasteiger partial charge in [0.05, 0.1) is 4.91 Å². The molecule has 3 saturated carbocycles. The second-order valence-electron chi connectivity index (χ2n) is 11.1. The third-order valence-electron chi connectivity index (χ3n) is 8.80. The van der Waals surface area contributed by atoms with E-state index in [9.17, 15) is 29.7 Å². The van der Waals surface area contributed by atoms with Gasteiger partial charge in [-0.15, -0.1) is 0 Å². The van der Waals surface area contributed by atoms with Crippen LogP contribution >= 0.6 is 27.7 Å². The number of benzene rings is 2. The van der Waals surface area contributed by atoms with E-state index < -0.39 is 34.4 Å². The molecule has 4 aliphatic carbocycles. The number of aromatic hydroxyl groups is 2. The molecule has 7 nitrogen and oxygen atoms in total. The van der Waals surface area contributed by atoms with Gasteiger partial charge in [-0.1, -0.05) is 52.8 Å². The number of carboxylic acid groups (broad SMARTS) is 1. The van der Waals surface area contributed by atoms with Crippen molar-refractivity contribution in [3.8, 4) is 11.5 Å². The highest BCUT2D eigenvalue weighted by atomic mass is 79.9. The Labute approximate surface area is 239 Å². The molecule has 2 bridgehead atoms. The highest BCUT2D eigenvalue weighted by Gasteiger charge is 2.60. The number of halogens is 1. The standard InChI is InChI=1S/C30H30BrNO6S/c1-16-14-30-12-9-17(16)13-23(30)29(2,27(36)22(15-30)39-19-5-3-18(31)4-6-19)11-10-24(34)32-25-21(33)8-7-20(26(25)35)28(37)38/h3-8,15,17,23,33,35H,1,9-14H2,2H3,(H,32,34)(H,37,38)/t17-,23-,29-,30+/m0/s1. The molecule has 4 aliphatic rings. The van der Waals surface area contributed by atoms with Crippen LogP contribution in [-0.2, 0) is 9.59 Å². The Bertz CT molecular complexity index is 1420. The molecule has 1 spiro atoms. The van der Waals surface area contributed by atoms with Crippen molar-refractivity contribution in [1.82, 2.24) is 0 Å². The number of nitrogens with one attached hydrogen (secondary N) is 1. The summed E-state index contributed by atoms with van der Waals surface area (Å²) in [5, 5.41) is 32.2. The van der Waals surface area contributed by atoms with Gasteiger partial charge in [-0.2, -0.15) is 0 Å². The van der Waals surface area contributed by atoms with Crippen molar-refractivity contribution in [2.24, 2.45) is 22.7 Å². The van der Waals surface area contributed by atoms with Crippen molar-refractivity contribution in [1.29, 1.82) is 0 Å². The summed E-state index contributed by atoms with van der Waals surface area (Å²) >= 11 is 4.91. The minimum absolute atomic E-state index is 0.0237. The average molecular weight is 613 g/mol. The van der Waals surface area contributed by atoms with Gasteiger partial charge in [-0.25, -0.2) is 4.79 Å². The number of phenolic OH excluding ortho intramolecular Hbond substituents is 1. The van der Waals surface area contributed by atoms with Gasteiger partial charge in [0.2, 0.25) is 5.91 Å². The number of allylic oxidation sites excluding steroid dienone is 3. The molecule has 39 heavy (non-hydrogen) atoms. The van der Waals surface area contributed by atoms with Crippen molar-refractivity contribution < 1.29 is 29.7 Å². The van der Waals surface area contributed by atoms with Crippen LogP contribution in [0, 0.1) is 22.7 Å². The Hall–Kier alpha value is -3.04. The average Bonchev–Trinajstić information content (AvgIpc) is 2.89. The molecule has 3 fully saturated rings. The maximum absolute atomic E-state index is 14.1. The van der Waals surface area contributed by atoms with Crippen LogP contribution < -0.4 is 5.32 Å². The van der Waals surface area contributed by atoms with Crippen LogP contribution in [0.2, 0.25) is 0 Å². The number of phenols is 2. The van der Waals surface area contributed by atoms with Gasteiger partial charge >= 0.3 is 5.97 Å². The lowest BCUT2D eigenvalue weighted by Gasteiger charge is -2.59. The van der Waals surface area contributed by atoms with Gasteiger partial charge in [0.15, 0.2) is 11.5 Å². The first-order valence-electron chi connectivity index (χ1n) is 12.9. The highest BCUT2D eigenvalue weighted by molar-refractivity contribution is 9.10. The van der Waals surface area contributed by atoms with Crippen LogP contribution in [0.25, 0.3) is 0 Å². The Balaban J connectivity index is 1.42.